The van der Waals surface area contributed by atoms with Gasteiger partial charge in [-0.05, 0) is 36.8 Å². The Morgan fingerprint density at radius 2 is 2.10 bits per heavy atom. The van der Waals surface area contributed by atoms with Crippen LogP contribution in [0.2, 0.25) is 0 Å². The van der Waals surface area contributed by atoms with E-state index in [0.717, 1.165) is 24.4 Å². The fraction of sp³-hybridized carbons (Fsp3) is 0.222. The molecule has 1 atom stereocenters. The number of pyridine rings is 1. The second-order valence-corrected chi connectivity index (χ2v) is 6.26. The molecule has 150 valence electrons. The molecule has 0 radical (unpaired) electrons. The Balaban J connectivity index is 1.79. The van der Waals surface area contributed by atoms with Crippen LogP contribution in [0.3, 0.4) is 0 Å². The molecule has 2 heterocycles. The number of anilines is 1. The minimum absolute atomic E-state index is 0.0562. The zero-order valence-corrected chi connectivity index (χ0v) is 14.8. The SMILES string of the molecule is C[C@H](NC(=O)C(F)(F)N1Cc2cc(F)ccc2NC1=O)c1ncc(C#N)cc1F. The van der Waals surface area contributed by atoms with Crippen molar-refractivity contribution in [2.24, 2.45) is 0 Å². The van der Waals surface area contributed by atoms with Crippen LogP contribution in [0.4, 0.5) is 28.0 Å². The van der Waals surface area contributed by atoms with Gasteiger partial charge in [0.05, 0.1) is 23.8 Å². The second kappa shape index (κ2) is 7.38. The van der Waals surface area contributed by atoms with Crippen molar-refractivity contribution in [3.63, 3.8) is 0 Å². The second-order valence-electron chi connectivity index (χ2n) is 6.26. The molecule has 3 rings (SSSR count). The summed E-state index contributed by atoms with van der Waals surface area (Å²) in [6.45, 7) is 0.504. The van der Waals surface area contributed by atoms with Gasteiger partial charge in [-0.15, -0.1) is 0 Å². The van der Waals surface area contributed by atoms with Crippen LogP contribution in [0.25, 0.3) is 0 Å². The molecule has 0 aliphatic carbocycles. The summed E-state index contributed by atoms with van der Waals surface area (Å²) >= 11 is 0. The molecule has 11 heteroatoms. The van der Waals surface area contributed by atoms with E-state index in [9.17, 15) is 27.2 Å². The molecule has 1 aliphatic heterocycles. The highest BCUT2D eigenvalue weighted by Gasteiger charge is 2.50. The topological polar surface area (TPSA) is 98.1 Å². The van der Waals surface area contributed by atoms with Crippen molar-refractivity contribution >= 4 is 17.6 Å². The van der Waals surface area contributed by atoms with E-state index in [4.69, 9.17) is 5.26 Å². The molecule has 0 spiro atoms. The maximum atomic E-state index is 14.6. The highest BCUT2D eigenvalue weighted by molar-refractivity contribution is 5.96. The number of fused-ring (bicyclic) bond motifs is 1. The van der Waals surface area contributed by atoms with E-state index >= 15 is 0 Å². The molecule has 0 bridgehead atoms. The molecule has 0 saturated heterocycles. The summed E-state index contributed by atoms with van der Waals surface area (Å²) in [6.07, 6.45) is 1.03. The monoisotopic (exact) mass is 407 g/mol. The van der Waals surface area contributed by atoms with Crippen molar-refractivity contribution < 1.29 is 27.2 Å². The third-order valence-electron chi connectivity index (χ3n) is 4.25. The van der Waals surface area contributed by atoms with Gasteiger partial charge in [-0.2, -0.15) is 14.0 Å². The predicted octanol–water partition coefficient (Wildman–Crippen LogP) is 3.05. The third kappa shape index (κ3) is 3.82. The van der Waals surface area contributed by atoms with Crippen LogP contribution in [-0.2, 0) is 11.3 Å². The number of amides is 3. The van der Waals surface area contributed by atoms with Gasteiger partial charge in [0.25, 0.3) is 0 Å². The van der Waals surface area contributed by atoms with E-state index in [-0.39, 0.29) is 27.4 Å². The molecule has 0 fully saturated rings. The number of benzene rings is 1. The van der Waals surface area contributed by atoms with Crippen molar-refractivity contribution in [1.29, 1.82) is 5.26 Å². The number of hydrogen-bond donors (Lipinski definition) is 2. The number of hydrogen-bond acceptors (Lipinski definition) is 4. The van der Waals surface area contributed by atoms with Crippen LogP contribution >= 0.6 is 0 Å². The van der Waals surface area contributed by atoms with Crippen LogP contribution in [0.5, 0.6) is 0 Å². The van der Waals surface area contributed by atoms with Crippen molar-refractivity contribution in [2.75, 3.05) is 5.32 Å². The number of nitrogens with zero attached hydrogens (tertiary/aromatic N) is 3. The number of urea groups is 1. The minimum Gasteiger partial charge on any atom is -0.341 e. The number of aromatic nitrogens is 1. The first-order valence-corrected chi connectivity index (χ1v) is 8.25. The van der Waals surface area contributed by atoms with Crippen molar-refractivity contribution in [2.45, 2.75) is 25.6 Å². The van der Waals surface area contributed by atoms with Crippen LogP contribution in [0, 0.1) is 23.0 Å². The lowest BCUT2D eigenvalue weighted by atomic mass is 10.1. The van der Waals surface area contributed by atoms with E-state index < -0.39 is 42.2 Å². The highest BCUT2D eigenvalue weighted by atomic mass is 19.3. The number of alkyl halides is 2. The smallest absolute Gasteiger partial charge is 0.341 e. The fourth-order valence-electron chi connectivity index (χ4n) is 2.77. The van der Waals surface area contributed by atoms with Gasteiger partial charge >= 0.3 is 18.0 Å². The van der Waals surface area contributed by atoms with Gasteiger partial charge in [-0.1, -0.05) is 0 Å². The van der Waals surface area contributed by atoms with Gasteiger partial charge in [-0.25, -0.2) is 13.6 Å². The minimum atomic E-state index is -4.31. The van der Waals surface area contributed by atoms with Gasteiger partial charge in [0.15, 0.2) is 0 Å². The molecule has 1 aromatic heterocycles. The molecule has 0 unspecified atom stereocenters. The lowest BCUT2D eigenvalue weighted by Crippen LogP contribution is -2.57. The largest absolute Gasteiger partial charge is 0.408 e. The summed E-state index contributed by atoms with van der Waals surface area (Å²) in [7, 11) is 0. The van der Waals surface area contributed by atoms with E-state index in [1.807, 2.05) is 5.32 Å². The standard InChI is InChI=1S/C18H13F4N5O2/c1-9(15-13(20)4-10(6-23)7-24-15)25-16(28)18(21,22)27-8-11-5-12(19)2-3-14(11)26-17(27)29/h2-5,7,9H,8H2,1H3,(H,25,28)(H,26,29)/t9-/m0/s1. The summed E-state index contributed by atoms with van der Waals surface area (Å²) in [6, 6.07) is -1.07. The number of nitriles is 1. The summed E-state index contributed by atoms with van der Waals surface area (Å²) < 4.78 is 56.6. The fourth-order valence-corrected chi connectivity index (χ4v) is 2.77. The molecule has 0 saturated carbocycles. The normalized spacial score (nSPS) is 14.5. The Bertz CT molecular complexity index is 1040. The molecular formula is C18H13F4N5O2. The van der Waals surface area contributed by atoms with Gasteiger partial charge in [0, 0.05) is 11.9 Å². The first kappa shape index (κ1) is 20.1. The van der Waals surface area contributed by atoms with Gasteiger partial charge < -0.3 is 10.6 Å². The van der Waals surface area contributed by atoms with Crippen LogP contribution < -0.4 is 10.6 Å². The quantitative estimate of drug-likeness (QED) is 0.601. The van der Waals surface area contributed by atoms with Crippen molar-refractivity contribution in [3.05, 3.63) is 58.9 Å². The maximum Gasteiger partial charge on any atom is 0.408 e. The van der Waals surface area contributed by atoms with Crippen molar-refractivity contribution in [3.8, 4) is 6.07 Å². The third-order valence-corrected chi connectivity index (χ3v) is 4.25. The van der Waals surface area contributed by atoms with Gasteiger partial charge in [0.2, 0.25) is 0 Å². The molecule has 7 nitrogen and oxygen atoms in total. The van der Waals surface area contributed by atoms with Crippen molar-refractivity contribution in [1.82, 2.24) is 15.2 Å². The number of rotatable bonds is 4. The van der Waals surface area contributed by atoms with Crippen LogP contribution in [0.1, 0.15) is 29.8 Å². The lowest BCUT2D eigenvalue weighted by Gasteiger charge is -2.34. The number of carbonyl (C=O) groups excluding carboxylic acids is 2. The Morgan fingerprint density at radius 1 is 1.38 bits per heavy atom. The Kier molecular flexibility index (Phi) is 5.11. The Morgan fingerprint density at radius 3 is 2.76 bits per heavy atom. The number of halogens is 4. The molecule has 2 aromatic rings. The zero-order valence-electron chi connectivity index (χ0n) is 14.8. The average Bonchev–Trinajstić information content (AvgIpc) is 2.67. The predicted molar refractivity (Wildman–Crippen MR) is 91.4 cm³/mol. The van der Waals surface area contributed by atoms with Gasteiger partial charge in [0.1, 0.15) is 17.7 Å². The maximum absolute atomic E-state index is 14.6. The number of nitrogens with one attached hydrogen (secondary N) is 2. The van der Waals surface area contributed by atoms with Crippen LogP contribution in [-0.4, -0.2) is 27.9 Å². The van der Waals surface area contributed by atoms with E-state index in [1.165, 1.54) is 13.0 Å². The van der Waals surface area contributed by atoms with Gasteiger partial charge in [-0.3, -0.25) is 14.7 Å². The van der Waals surface area contributed by atoms with Crippen LogP contribution in [0.15, 0.2) is 30.5 Å². The summed E-state index contributed by atoms with van der Waals surface area (Å²) in [5.74, 6) is -3.52. The van der Waals surface area contributed by atoms with E-state index in [0.29, 0.717) is 0 Å². The molecule has 1 aliphatic rings. The van der Waals surface area contributed by atoms with E-state index in [2.05, 4.69) is 10.3 Å². The number of carbonyl (C=O) groups is 2. The summed E-state index contributed by atoms with van der Waals surface area (Å²) in [5.41, 5.74) is -0.222. The lowest BCUT2D eigenvalue weighted by molar-refractivity contribution is -0.171. The molecular weight excluding hydrogens is 394 g/mol. The summed E-state index contributed by atoms with van der Waals surface area (Å²) in [4.78, 5) is 27.8. The zero-order chi connectivity index (χ0) is 21.3. The Labute approximate surface area is 161 Å². The first-order chi connectivity index (χ1) is 13.6. The summed E-state index contributed by atoms with van der Waals surface area (Å²) in [5, 5.41) is 12.8. The molecule has 1 aromatic carbocycles. The Hall–Kier alpha value is -3.68. The van der Waals surface area contributed by atoms with E-state index in [1.54, 1.807) is 6.07 Å². The molecule has 3 amide bonds. The molecule has 29 heavy (non-hydrogen) atoms. The molecule has 2 N–H and O–H groups in total. The average molecular weight is 407 g/mol. The highest BCUT2D eigenvalue weighted by Crippen LogP contribution is 2.31. The first-order valence-electron chi connectivity index (χ1n) is 8.25.